The number of hydrogen-bond acceptors (Lipinski definition) is 4. The van der Waals surface area contributed by atoms with Crippen LogP contribution in [0.4, 0.5) is 4.79 Å². The van der Waals surface area contributed by atoms with Gasteiger partial charge in [-0.1, -0.05) is 17.7 Å². The van der Waals surface area contributed by atoms with E-state index >= 15 is 0 Å². The fourth-order valence-electron chi connectivity index (χ4n) is 1.68. The average molecular weight is 327 g/mol. The molecule has 0 aliphatic rings. The topological polar surface area (TPSA) is 75.6 Å². The second-order valence-electron chi connectivity index (χ2n) is 6.33. The van der Waals surface area contributed by atoms with Gasteiger partial charge in [-0.05, 0) is 46.8 Å². The molecule has 0 fully saturated rings. The summed E-state index contributed by atoms with van der Waals surface area (Å²) in [5, 5.41) is 12.6. The third-order valence-electron chi connectivity index (χ3n) is 2.93. The average Bonchev–Trinajstić information content (AvgIpc) is 2.36. The van der Waals surface area contributed by atoms with Crippen LogP contribution in [-0.2, 0) is 15.5 Å². The Balaban J connectivity index is 2.53. The van der Waals surface area contributed by atoms with E-state index in [1.807, 2.05) is 19.1 Å². The summed E-state index contributed by atoms with van der Waals surface area (Å²) in [6, 6.07) is 6.77. The van der Waals surface area contributed by atoms with E-state index in [4.69, 9.17) is 4.74 Å². The van der Waals surface area contributed by atoms with Crippen LogP contribution >= 0.6 is 0 Å². The highest BCUT2D eigenvalue weighted by molar-refractivity contribution is 7.85. The van der Waals surface area contributed by atoms with Crippen LogP contribution in [0, 0.1) is 6.92 Å². The van der Waals surface area contributed by atoms with Crippen LogP contribution in [0.3, 0.4) is 0 Å². The van der Waals surface area contributed by atoms with Crippen molar-refractivity contribution in [1.82, 2.24) is 5.32 Å². The molecular weight excluding hydrogens is 302 g/mol. The summed E-state index contributed by atoms with van der Waals surface area (Å²) in [7, 11) is -1.32. The Bertz CT molecular complexity index is 522. The van der Waals surface area contributed by atoms with E-state index < -0.39 is 34.6 Å². The van der Waals surface area contributed by atoms with Crippen LogP contribution in [0.5, 0.6) is 0 Å². The number of benzene rings is 1. The first-order chi connectivity index (χ1) is 10.1. The molecule has 0 aromatic heterocycles. The quantitative estimate of drug-likeness (QED) is 0.870. The highest BCUT2D eigenvalue weighted by Gasteiger charge is 2.23. The monoisotopic (exact) mass is 327 g/mol. The van der Waals surface area contributed by atoms with Gasteiger partial charge < -0.3 is 15.2 Å². The first kappa shape index (κ1) is 18.6. The molecule has 22 heavy (non-hydrogen) atoms. The van der Waals surface area contributed by atoms with Crippen LogP contribution in [0.25, 0.3) is 0 Å². The molecule has 0 aliphatic heterocycles. The molecule has 2 N–H and O–H groups in total. The maximum Gasteiger partial charge on any atom is 0.407 e. The van der Waals surface area contributed by atoms with Gasteiger partial charge in [-0.2, -0.15) is 0 Å². The number of alkyl carbamates (subject to hydrolysis) is 1. The summed E-state index contributed by atoms with van der Waals surface area (Å²) in [4.78, 5) is 12.3. The van der Waals surface area contributed by atoms with Gasteiger partial charge in [0, 0.05) is 4.90 Å². The van der Waals surface area contributed by atoms with Crippen molar-refractivity contribution in [3.8, 4) is 0 Å². The second kappa shape index (κ2) is 7.74. The van der Waals surface area contributed by atoms with E-state index in [0.717, 1.165) is 5.56 Å². The van der Waals surface area contributed by atoms with Crippen LogP contribution < -0.4 is 5.32 Å². The SMILES string of the molecule is Cc1ccc(S(=O)C[C@@H](O)[C@H](C)NC(=O)OC(C)(C)C)cc1. The van der Waals surface area contributed by atoms with E-state index in [0.29, 0.717) is 4.90 Å². The van der Waals surface area contributed by atoms with Crippen LogP contribution in [-0.4, -0.2) is 38.9 Å². The third kappa shape index (κ3) is 6.58. The van der Waals surface area contributed by atoms with E-state index in [1.165, 1.54) is 0 Å². The van der Waals surface area contributed by atoms with E-state index in [1.54, 1.807) is 39.8 Å². The lowest BCUT2D eigenvalue weighted by atomic mass is 10.2. The van der Waals surface area contributed by atoms with Gasteiger partial charge in [0.2, 0.25) is 0 Å². The Morgan fingerprint density at radius 2 is 1.86 bits per heavy atom. The molecule has 124 valence electrons. The van der Waals surface area contributed by atoms with Crippen LogP contribution in [0.15, 0.2) is 29.2 Å². The number of aliphatic hydroxyl groups excluding tert-OH is 1. The Morgan fingerprint density at radius 1 is 1.32 bits per heavy atom. The highest BCUT2D eigenvalue weighted by atomic mass is 32.2. The van der Waals surface area contributed by atoms with Crippen molar-refractivity contribution in [2.75, 3.05) is 5.75 Å². The minimum atomic E-state index is -1.32. The van der Waals surface area contributed by atoms with Gasteiger partial charge in [-0.3, -0.25) is 4.21 Å². The maximum atomic E-state index is 12.2. The molecule has 1 aromatic rings. The van der Waals surface area contributed by atoms with Crippen LogP contribution in [0.2, 0.25) is 0 Å². The number of rotatable bonds is 5. The number of hydrogen-bond donors (Lipinski definition) is 2. The normalized spacial score (nSPS) is 15.7. The van der Waals surface area contributed by atoms with Gasteiger partial charge >= 0.3 is 6.09 Å². The fraction of sp³-hybridized carbons (Fsp3) is 0.562. The molecule has 3 atom stereocenters. The van der Waals surface area contributed by atoms with Gasteiger partial charge in [0.05, 0.1) is 28.7 Å². The zero-order valence-electron chi connectivity index (χ0n) is 13.8. The van der Waals surface area contributed by atoms with E-state index in [-0.39, 0.29) is 5.75 Å². The Labute approximate surface area is 134 Å². The molecule has 6 heteroatoms. The Kier molecular flexibility index (Phi) is 6.56. The van der Waals surface area contributed by atoms with Crippen molar-refractivity contribution in [1.29, 1.82) is 0 Å². The molecular formula is C16H25NO4S. The summed E-state index contributed by atoms with van der Waals surface area (Å²) in [5.41, 5.74) is 0.487. The van der Waals surface area contributed by atoms with Crippen molar-refractivity contribution in [3.05, 3.63) is 29.8 Å². The lowest BCUT2D eigenvalue weighted by Gasteiger charge is -2.24. The van der Waals surface area contributed by atoms with Gasteiger partial charge in [0.1, 0.15) is 5.60 Å². The minimum absolute atomic E-state index is 0.0556. The first-order valence-corrected chi connectivity index (χ1v) is 8.53. The van der Waals surface area contributed by atoms with Gasteiger partial charge in [0.15, 0.2) is 0 Å². The van der Waals surface area contributed by atoms with E-state index in [2.05, 4.69) is 5.32 Å². The predicted octanol–water partition coefficient (Wildman–Crippen LogP) is 2.38. The highest BCUT2D eigenvalue weighted by Crippen LogP contribution is 2.11. The zero-order chi connectivity index (χ0) is 16.9. The molecule has 0 saturated carbocycles. The first-order valence-electron chi connectivity index (χ1n) is 7.21. The molecule has 0 saturated heterocycles. The minimum Gasteiger partial charge on any atom is -0.444 e. The lowest BCUT2D eigenvalue weighted by Crippen LogP contribution is -2.45. The molecule has 1 unspecified atom stereocenters. The lowest BCUT2D eigenvalue weighted by molar-refractivity contribution is 0.0452. The maximum absolute atomic E-state index is 12.2. The Hall–Kier alpha value is -1.40. The molecule has 1 amide bonds. The molecule has 1 rings (SSSR count). The Morgan fingerprint density at radius 3 is 2.36 bits per heavy atom. The molecule has 0 bridgehead atoms. The zero-order valence-corrected chi connectivity index (χ0v) is 14.6. The number of nitrogens with one attached hydrogen (secondary N) is 1. The molecule has 0 heterocycles. The predicted molar refractivity (Wildman–Crippen MR) is 87.3 cm³/mol. The summed E-state index contributed by atoms with van der Waals surface area (Å²) >= 11 is 0. The number of carbonyl (C=O) groups is 1. The third-order valence-corrected chi connectivity index (χ3v) is 4.37. The molecule has 5 nitrogen and oxygen atoms in total. The standard InChI is InChI=1S/C16H25NO4S/c1-11-6-8-13(9-7-11)22(20)10-14(18)12(2)17-15(19)21-16(3,4)5/h6-9,12,14,18H,10H2,1-5H3,(H,17,19)/t12-,14+,22?/m0/s1. The molecule has 0 aliphatic carbocycles. The summed E-state index contributed by atoms with van der Waals surface area (Å²) < 4.78 is 17.3. The molecule has 0 spiro atoms. The van der Waals surface area contributed by atoms with Crippen molar-refractivity contribution < 1.29 is 18.8 Å². The largest absolute Gasteiger partial charge is 0.444 e. The smallest absolute Gasteiger partial charge is 0.407 e. The van der Waals surface area contributed by atoms with Crippen molar-refractivity contribution in [2.24, 2.45) is 0 Å². The van der Waals surface area contributed by atoms with Gasteiger partial charge in [0.25, 0.3) is 0 Å². The fourth-order valence-corrected chi connectivity index (χ4v) is 2.91. The molecule has 1 aromatic carbocycles. The number of aryl methyl sites for hydroxylation is 1. The van der Waals surface area contributed by atoms with Crippen molar-refractivity contribution in [2.45, 2.75) is 57.3 Å². The van der Waals surface area contributed by atoms with Crippen molar-refractivity contribution >= 4 is 16.9 Å². The number of amides is 1. The van der Waals surface area contributed by atoms with Crippen LogP contribution in [0.1, 0.15) is 33.3 Å². The number of ether oxygens (including phenoxy) is 1. The summed E-state index contributed by atoms with van der Waals surface area (Å²) in [6.07, 6.45) is -1.52. The van der Waals surface area contributed by atoms with E-state index in [9.17, 15) is 14.1 Å². The number of aliphatic hydroxyl groups is 1. The van der Waals surface area contributed by atoms with Gasteiger partial charge in [-0.25, -0.2) is 4.79 Å². The van der Waals surface area contributed by atoms with Crippen molar-refractivity contribution in [3.63, 3.8) is 0 Å². The summed E-state index contributed by atoms with van der Waals surface area (Å²) in [5.74, 6) is 0.0556. The summed E-state index contributed by atoms with van der Waals surface area (Å²) in [6.45, 7) is 8.90. The number of carbonyl (C=O) groups excluding carboxylic acids is 1. The van der Waals surface area contributed by atoms with Gasteiger partial charge in [-0.15, -0.1) is 0 Å². The molecule has 0 radical (unpaired) electrons. The second-order valence-corrected chi connectivity index (χ2v) is 7.82.